The van der Waals surface area contributed by atoms with Crippen LogP contribution in [0.15, 0.2) is 16.4 Å². The Morgan fingerprint density at radius 1 is 1.33 bits per heavy atom. The predicted octanol–water partition coefficient (Wildman–Crippen LogP) is 3.67. The van der Waals surface area contributed by atoms with Crippen molar-refractivity contribution >= 4 is 58.0 Å². The molecule has 10 heteroatoms. The fraction of sp³-hybridized carbons (Fsp3) is 0.706. The molecule has 2 aliphatic carbocycles. The molecule has 150 valence electrons. The molecule has 0 saturated heterocycles. The van der Waals surface area contributed by atoms with E-state index in [1.165, 1.54) is 10.8 Å². The summed E-state index contributed by atoms with van der Waals surface area (Å²) in [5.74, 6) is -0.869. The van der Waals surface area contributed by atoms with E-state index < -0.39 is 15.2 Å². The van der Waals surface area contributed by atoms with Crippen LogP contribution in [0, 0.1) is 16.7 Å². The van der Waals surface area contributed by atoms with Gasteiger partial charge in [0.2, 0.25) is 5.91 Å². The fourth-order valence-corrected chi connectivity index (χ4v) is 5.39. The van der Waals surface area contributed by atoms with Gasteiger partial charge >= 0.3 is 10.8 Å². The molecule has 0 radical (unpaired) electrons. The minimum atomic E-state index is -2.13. The van der Waals surface area contributed by atoms with E-state index in [2.05, 4.69) is 13.8 Å². The number of rotatable bonds is 5. The molecule has 0 aliphatic heterocycles. The summed E-state index contributed by atoms with van der Waals surface area (Å²) in [5.41, 5.74) is -1.09. The lowest BCUT2D eigenvalue weighted by atomic mass is 9.67. The highest BCUT2D eigenvalue weighted by atomic mass is 35.6. The first-order chi connectivity index (χ1) is 12.5. The number of halogens is 3. The molecule has 1 aromatic rings. The van der Waals surface area contributed by atoms with Gasteiger partial charge in [0, 0.05) is 11.6 Å². The van der Waals surface area contributed by atoms with Gasteiger partial charge in [-0.05, 0) is 30.6 Å². The second-order valence-corrected chi connectivity index (χ2v) is 10.6. The summed E-state index contributed by atoms with van der Waals surface area (Å²) in [7, 11) is 0. The zero-order valence-electron chi connectivity index (χ0n) is 14.9. The van der Waals surface area contributed by atoms with Gasteiger partial charge in [0.05, 0.1) is 18.1 Å². The molecular formula is C17H20Cl3NO5S. The number of alkyl halides is 3. The van der Waals surface area contributed by atoms with Crippen LogP contribution in [0.4, 0.5) is 0 Å². The highest BCUT2D eigenvalue weighted by Gasteiger charge is 2.68. The Morgan fingerprint density at radius 3 is 2.59 bits per heavy atom. The maximum absolute atomic E-state index is 13.4. The number of hydrogen-bond acceptors (Lipinski definition) is 6. The minimum absolute atomic E-state index is 0.0769. The van der Waals surface area contributed by atoms with Gasteiger partial charge in [-0.25, -0.2) is 9.36 Å². The lowest BCUT2D eigenvalue weighted by Gasteiger charge is -2.40. The number of nitrogens with zero attached hydrogens (tertiary/aromatic N) is 1. The number of aromatic nitrogens is 1. The summed E-state index contributed by atoms with van der Waals surface area (Å²) >= 11 is 17.4. The number of fused-ring (bicyclic) bond motifs is 2. The van der Waals surface area contributed by atoms with Gasteiger partial charge in [0.15, 0.2) is 0 Å². The largest absolute Gasteiger partial charge is 0.460 e. The average Bonchev–Trinajstić information content (AvgIpc) is 3.18. The van der Waals surface area contributed by atoms with Gasteiger partial charge in [0.25, 0.3) is 3.79 Å². The first-order valence-electron chi connectivity index (χ1n) is 8.58. The molecule has 3 rings (SSSR count). The number of carbonyl (C=O) groups excluding carboxylic acids is 2. The van der Waals surface area contributed by atoms with E-state index >= 15 is 0 Å². The maximum Gasteiger partial charge on any atom is 0.358 e. The van der Waals surface area contributed by atoms with Crippen molar-refractivity contribution in [2.75, 3.05) is 13.2 Å². The Balaban J connectivity index is 1.74. The summed E-state index contributed by atoms with van der Waals surface area (Å²) in [6, 6.07) is 0. The highest BCUT2D eigenvalue weighted by molar-refractivity contribution is 7.07. The second kappa shape index (κ2) is 7.34. The first-order valence-corrected chi connectivity index (χ1v) is 10.6. The summed E-state index contributed by atoms with van der Waals surface area (Å²) in [4.78, 5) is 36.6. The number of hydrogen-bond donors (Lipinski definition) is 0. The Bertz CT molecular complexity index is 799. The summed E-state index contributed by atoms with van der Waals surface area (Å²) < 4.78 is 9.90. The van der Waals surface area contributed by atoms with E-state index in [9.17, 15) is 14.4 Å². The van der Waals surface area contributed by atoms with Crippen LogP contribution in [0.5, 0.6) is 0 Å². The molecule has 0 aromatic carbocycles. The van der Waals surface area contributed by atoms with Crippen molar-refractivity contribution in [3.63, 3.8) is 0 Å². The van der Waals surface area contributed by atoms with Crippen molar-refractivity contribution in [3.05, 3.63) is 21.2 Å². The molecule has 1 aromatic heterocycles. The summed E-state index contributed by atoms with van der Waals surface area (Å²) in [6.45, 7) is 4.11. The minimum Gasteiger partial charge on any atom is -0.460 e. The molecule has 2 bridgehead atoms. The van der Waals surface area contributed by atoms with Crippen molar-refractivity contribution in [2.45, 2.75) is 43.0 Å². The molecule has 2 aliphatic rings. The molecule has 0 unspecified atom stereocenters. The normalized spacial score (nSPS) is 29.1. The van der Waals surface area contributed by atoms with E-state index in [0.29, 0.717) is 12.3 Å². The zero-order chi connectivity index (χ0) is 20.0. The van der Waals surface area contributed by atoms with E-state index in [4.69, 9.17) is 44.3 Å². The van der Waals surface area contributed by atoms with Crippen LogP contribution < -0.4 is 4.87 Å². The molecule has 3 atom stereocenters. The number of esters is 1. The van der Waals surface area contributed by atoms with Crippen LogP contribution in [-0.2, 0) is 14.3 Å². The van der Waals surface area contributed by atoms with Gasteiger partial charge < -0.3 is 9.47 Å². The smallest absolute Gasteiger partial charge is 0.358 e. The van der Waals surface area contributed by atoms with E-state index in [1.54, 1.807) is 5.38 Å². The Morgan fingerprint density at radius 2 is 2.04 bits per heavy atom. The SMILES string of the molecule is CC1(C)[C@@H]2CC[C@@]1(C(=O)n1ccsc1=O)[C@H](OCCOC(=O)C(Cl)(Cl)Cl)C2. The standard InChI is InChI=1S/C17H20Cl3NO5S/c1-15(2)10-3-4-16(15,12(22)21-5-8-27-14(21)24)11(9-10)25-6-7-26-13(23)17(18,19)20/h5,8,10-11H,3-4,6-7,9H2,1-2H3/t10-,11-,16+/m1/s1. The van der Waals surface area contributed by atoms with Crippen LogP contribution in [0.25, 0.3) is 0 Å². The molecule has 6 nitrogen and oxygen atoms in total. The van der Waals surface area contributed by atoms with Crippen LogP contribution in [0.1, 0.15) is 37.9 Å². The van der Waals surface area contributed by atoms with Crippen molar-refractivity contribution in [1.29, 1.82) is 0 Å². The van der Waals surface area contributed by atoms with Crippen molar-refractivity contribution in [1.82, 2.24) is 4.57 Å². The van der Waals surface area contributed by atoms with Gasteiger partial charge in [0.1, 0.15) is 6.61 Å². The third-order valence-corrected chi connectivity index (χ3v) is 7.27. The van der Waals surface area contributed by atoms with Gasteiger partial charge in [-0.3, -0.25) is 9.59 Å². The van der Waals surface area contributed by atoms with Crippen LogP contribution in [-0.4, -0.2) is 39.6 Å². The molecule has 0 spiro atoms. The molecule has 0 amide bonds. The molecule has 1 heterocycles. The quantitative estimate of drug-likeness (QED) is 0.384. The third-order valence-electron chi connectivity index (χ3n) is 6.15. The molecular weight excluding hydrogens is 437 g/mol. The Kier molecular flexibility index (Phi) is 5.74. The number of thiazole rings is 1. The van der Waals surface area contributed by atoms with Crippen LogP contribution in [0.2, 0.25) is 0 Å². The maximum atomic E-state index is 13.4. The van der Waals surface area contributed by atoms with E-state index in [1.807, 2.05) is 0 Å². The lowest BCUT2D eigenvalue weighted by Crippen LogP contribution is -2.50. The number of ether oxygens (including phenoxy) is 2. The highest BCUT2D eigenvalue weighted by Crippen LogP contribution is 2.67. The van der Waals surface area contributed by atoms with Gasteiger partial charge in [-0.15, -0.1) is 0 Å². The zero-order valence-corrected chi connectivity index (χ0v) is 18.0. The third kappa shape index (κ3) is 3.46. The van der Waals surface area contributed by atoms with Gasteiger partial charge in [-0.2, -0.15) is 0 Å². The Hall–Kier alpha value is -0.600. The summed E-state index contributed by atoms with van der Waals surface area (Å²) in [6.07, 6.45) is 3.45. The molecule has 0 N–H and O–H groups in total. The van der Waals surface area contributed by atoms with E-state index in [-0.39, 0.29) is 35.5 Å². The number of carbonyl (C=O) groups is 2. The second-order valence-electron chi connectivity index (χ2n) is 7.50. The van der Waals surface area contributed by atoms with Crippen molar-refractivity contribution < 1.29 is 19.1 Å². The summed E-state index contributed by atoms with van der Waals surface area (Å²) in [5, 5.41) is 1.61. The topological polar surface area (TPSA) is 74.6 Å². The lowest BCUT2D eigenvalue weighted by molar-refractivity contribution is -0.145. The van der Waals surface area contributed by atoms with Crippen LogP contribution in [0.3, 0.4) is 0 Å². The van der Waals surface area contributed by atoms with Crippen LogP contribution >= 0.6 is 46.1 Å². The Labute approximate surface area is 175 Å². The monoisotopic (exact) mass is 455 g/mol. The predicted molar refractivity (Wildman–Crippen MR) is 104 cm³/mol. The molecule has 2 fully saturated rings. The first kappa shape index (κ1) is 21.1. The van der Waals surface area contributed by atoms with Gasteiger partial charge in [-0.1, -0.05) is 60.0 Å². The van der Waals surface area contributed by atoms with Crippen molar-refractivity contribution in [3.8, 4) is 0 Å². The van der Waals surface area contributed by atoms with E-state index in [0.717, 1.165) is 24.2 Å². The van der Waals surface area contributed by atoms with Crippen molar-refractivity contribution in [2.24, 2.45) is 16.7 Å². The average molecular weight is 457 g/mol. The fourth-order valence-electron chi connectivity index (χ4n) is 4.67. The molecule has 27 heavy (non-hydrogen) atoms. The molecule has 2 saturated carbocycles.